The molecule has 2 aromatic rings. The van der Waals surface area contributed by atoms with Gasteiger partial charge >= 0.3 is 0 Å². The molecular formula is C12H9Cl3O2. The molecule has 0 bridgehead atoms. The average molecular weight is 292 g/mol. The lowest BCUT2D eigenvalue weighted by Crippen LogP contribution is -1.67. The van der Waals surface area contributed by atoms with Gasteiger partial charge in [0.15, 0.2) is 0 Å². The van der Waals surface area contributed by atoms with Crippen molar-refractivity contribution in [3.8, 4) is 11.5 Å². The number of hydrogen-bond donors (Lipinski definition) is 2. The molecule has 0 aliphatic carbocycles. The van der Waals surface area contributed by atoms with Gasteiger partial charge in [0.2, 0.25) is 0 Å². The minimum absolute atomic E-state index is 0.0177. The standard InChI is InChI=1S/C6H4Cl2O.C6H5ClO/c7-4-2-1-3-5(9)6(4)8;7-5-3-1-2-4-6(5)8/h1-3,9H;1-4,8H. The predicted octanol–water partition coefficient (Wildman–Crippen LogP) is 4.74. The first-order valence-corrected chi connectivity index (χ1v) is 5.72. The van der Waals surface area contributed by atoms with Crippen molar-refractivity contribution < 1.29 is 10.2 Å². The van der Waals surface area contributed by atoms with Crippen molar-refractivity contribution in [3.63, 3.8) is 0 Å². The topological polar surface area (TPSA) is 40.5 Å². The SMILES string of the molecule is Oc1cccc(Cl)c1Cl.Oc1ccccc1Cl. The van der Waals surface area contributed by atoms with E-state index < -0.39 is 0 Å². The molecule has 0 aliphatic rings. The molecule has 2 aromatic carbocycles. The van der Waals surface area contributed by atoms with Gasteiger partial charge < -0.3 is 10.2 Å². The summed E-state index contributed by atoms with van der Waals surface area (Å²) in [7, 11) is 0. The first kappa shape index (κ1) is 14.0. The Hall–Kier alpha value is -1.09. The largest absolute Gasteiger partial charge is 0.506 e. The van der Waals surface area contributed by atoms with Gasteiger partial charge in [0, 0.05) is 0 Å². The zero-order valence-electron chi connectivity index (χ0n) is 8.57. The third-order valence-corrected chi connectivity index (χ3v) is 2.91. The van der Waals surface area contributed by atoms with E-state index in [9.17, 15) is 0 Å². The van der Waals surface area contributed by atoms with Crippen LogP contribution in [0.2, 0.25) is 15.1 Å². The maximum Gasteiger partial charge on any atom is 0.135 e. The quantitative estimate of drug-likeness (QED) is 0.735. The minimum atomic E-state index is 0.0177. The summed E-state index contributed by atoms with van der Waals surface area (Å²) in [6.45, 7) is 0. The van der Waals surface area contributed by atoms with Crippen molar-refractivity contribution >= 4 is 34.8 Å². The molecular weight excluding hydrogens is 282 g/mol. The van der Waals surface area contributed by atoms with Gasteiger partial charge in [0.05, 0.1) is 10.0 Å². The van der Waals surface area contributed by atoms with Gasteiger partial charge in [-0.25, -0.2) is 0 Å². The molecule has 17 heavy (non-hydrogen) atoms. The third kappa shape index (κ3) is 4.35. The molecule has 0 heterocycles. The Kier molecular flexibility index (Phi) is 5.42. The maximum atomic E-state index is 8.88. The number of para-hydroxylation sites is 1. The normalized spacial score (nSPS) is 9.35. The van der Waals surface area contributed by atoms with Crippen LogP contribution in [0.3, 0.4) is 0 Å². The second kappa shape index (κ2) is 6.60. The molecule has 2 rings (SSSR count). The molecule has 0 amide bonds. The number of hydrogen-bond acceptors (Lipinski definition) is 2. The lowest BCUT2D eigenvalue weighted by atomic mass is 10.3. The van der Waals surface area contributed by atoms with E-state index in [1.807, 2.05) is 0 Å². The van der Waals surface area contributed by atoms with E-state index in [0.29, 0.717) is 10.0 Å². The Morgan fingerprint density at radius 1 is 0.647 bits per heavy atom. The van der Waals surface area contributed by atoms with Gasteiger partial charge in [-0.3, -0.25) is 0 Å². The smallest absolute Gasteiger partial charge is 0.135 e. The molecule has 0 atom stereocenters. The molecule has 0 saturated heterocycles. The molecule has 0 aliphatic heterocycles. The van der Waals surface area contributed by atoms with E-state index in [4.69, 9.17) is 45.0 Å². The van der Waals surface area contributed by atoms with Gasteiger partial charge in [-0.2, -0.15) is 0 Å². The van der Waals surface area contributed by atoms with E-state index in [1.165, 1.54) is 6.07 Å². The van der Waals surface area contributed by atoms with Crippen LogP contribution in [0.1, 0.15) is 0 Å². The van der Waals surface area contributed by atoms with Crippen molar-refractivity contribution in [2.24, 2.45) is 0 Å². The summed E-state index contributed by atoms with van der Waals surface area (Å²) in [5.41, 5.74) is 0. The van der Waals surface area contributed by atoms with Crippen molar-refractivity contribution in [1.29, 1.82) is 0 Å². The van der Waals surface area contributed by atoms with Crippen LogP contribution in [0.25, 0.3) is 0 Å². The highest BCUT2D eigenvalue weighted by Gasteiger charge is 1.99. The third-order valence-electron chi connectivity index (χ3n) is 1.78. The molecule has 0 saturated carbocycles. The summed E-state index contributed by atoms with van der Waals surface area (Å²) in [5.74, 6) is 0.151. The van der Waals surface area contributed by atoms with Crippen LogP contribution in [0, 0.1) is 0 Å². The van der Waals surface area contributed by atoms with Crippen LogP contribution in [-0.2, 0) is 0 Å². The molecule has 0 unspecified atom stereocenters. The Bertz CT molecular complexity index is 460. The summed E-state index contributed by atoms with van der Waals surface area (Å²) in [6, 6.07) is 11.4. The predicted molar refractivity (Wildman–Crippen MR) is 71.2 cm³/mol. The Morgan fingerprint density at radius 2 is 1.18 bits per heavy atom. The lowest BCUT2D eigenvalue weighted by Gasteiger charge is -1.95. The monoisotopic (exact) mass is 290 g/mol. The first-order chi connectivity index (χ1) is 8.02. The molecule has 0 fully saturated rings. The van der Waals surface area contributed by atoms with Crippen LogP contribution in [0.5, 0.6) is 11.5 Å². The molecule has 0 aromatic heterocycles. The molecule has 0 spiro atoms. The van der Waals surface area contributed by atoms with E-state index >= 15 is 0 Å². The summed E-state index contributed by atoms with van der Waals surface area (Å²) in [5, 5.41) is 18.6. The average Bonchev–Trinajstić information content (AvgIpc) is 2.31. The summed E-state index contributed by atoms with van der Waals surface area (Å²) < 4.78 is 0. The number of aromatic hydroxyl groups is 2. The fraction of sp³-hybridized carbons (Fsp3) is 0. The van der Waals surface area contributed by atoms with Crippen LogP contribution in [-0.4, -0.2) is 10.2 Å². The molecule has 90 valence electrons. The second-order valence-electron chi connectivity index (χ2n) is 3.02. The fourth-order valence-corrected chi connectivity index (χ4v) is 1.38. The molecule has 0 radical (unpaired) electrons. The summed E-state index contributed by atoms with van der Waals surface area (Å²) in [6.07, 6.45) is 0. The number of phenols is 2. The first-order valence-electron chi connectivity index (χ1n) is 4.59. The van der Waals surface area contributed by atoms with Gasteiger partial charge in [-0.1, -0.05) is 53.0 Å². The van der Waals surface area contributed by atoms with Crippen LogP contribution in [0.4, 0.5) is 0 Å². The van der Waals surface area contributed by atoms with Crippen LogP contribution < -0.4 is 0 Å². The fourth-order valence-electron chi connectivity index (χ4n) is 0.944. The minimum Gasteiger partial charge on any atom is -0.506 e. The summed E-state index contributed by atoms with van der Waals surface area (Å²) in [4.78, 5) is 0. The van der Waals surface area contributed by atoms with Gasteiger partial charge in [0.25, 0.3) is 0 Å². The zero-order chi connectivity index (χ0) is 12.8. The van der Waals surface area contributed by atoms with Crippen molar-refractivity contribution in [2.45, 2.75) is 0 Å². The van der Waals surface area contributed by atoms with Crippen molar-refractivity contribution in [1.82, 2.24) is 0 Å². The number of phenolic OH excluding ortho intramolecular Hbond substituents is 2. The highest BCUT2D eigenvalue weighted by molar-refractivity contribution is 6.42. The van der Waals surface area contributed by atoms with Gasteiger partial charge in [-0.15, -0.1) is 0 Å². The maximum absolute atomic E-state index is 8.88. The van der Waals surface area contributed by atoms with E-state index in [2.05, 4.69) is 0 Å². The lowest BCUT2D eigenvalue weighted by molar-refractivity contribution is 0.475. The zero-order valence-corrected chi connectivity index (χ0v) is 10.8. The van der Waals surface area contributed by atoms with Gasteiger partial charge in [0.1, 0.15) is 16.5 Å². The number of halogens is 3. The summed E-state index contributed by atoms with van der Waals surface area (Å²) >= 11 is 16.5. The van der Waals surface area contributed by atoms with E-state index in [0.717, 1.165) is 0 Å². The van der Waals surface area contributed by atoms with E-state index in [1.54, 1.807) is 36.4 Å². The van der Waals surface area contributed by atoms with Gasteiger partial charge in [-0.05, 0) is 24.3 Å². The number of rotatable bonds is 0. The van der Waals surface area contributed by atoms with E-state index in [-0.39, 0.29) is 16.5 Å². The Morgan fingerprint density at radius 3 is 1.59 bits per heavy atom. The highest BCUT2D eigenvalue weighted by Crippen LogP contribution is 2.29. The van der Waals surface area contributed by atoms with Crippen molar-refractivity contribution in [3.05, 3.63) is 57.5 Å². The molecule has 2 N–H and O–H groups in total. The van der Waals surface area contributed by atoms with Crippen LogP contribution >= 0.6 is 34.8 Å². The second-order valence-corrected chi connectivity index (χ2v) is 4.22. The Labute approximate surface area is 114 Å². The van der Waals surface area contributed by atoms with Crippen molar-refractivity contribution in [2.75, 3.05) is 0 Å². The Balaban J connectivity index is 0.000000171. The number of benzene rings is 2. The molecule has 2 nitrogen and oxygen atoms in total. The van der Waals surface area contributed by atoms with Crippen LogP contribution in [0.15, 0.2) is 42.5 Å². The molecule has 5 heteroatoms. The highest BCUT2D eigenvalue weighted by atomic mass is 35.5.